The largest absolute Gasteiger partial charge is 0.359 e. The molecule has 0 aromatic heterocycles. The molecule has 1 aliphatic rings. The summed E-state index contributed by atoms with van der Waals surface area (Å²) in [4.78, 5) is 0. The second-order valence-electron chi connectivity index (χ2n) is 3.24. The van der Waals surface area contributed by atoms with Gasteiger partial charge in [0, 0.05) is 5.56 Å². The Morgan fingerprint density at radius 1 is 1.31 bits per heavy atom. The van der Waals surface area contributed by atoms with Crippen molar-refractivity contribution in [3.63, 3.8) is 0 Å². The van der Waals surface area contributed by atoms with Crippen molar-refractivity contribution in [1.82, 2.24) is 0 Å². The van der Waals surface area contributed by atoms with Crippen molar-refractivity contribution >= 4 is 0 Å². The molecule has 2 nitrogen and oxygen atoms in total. The molecular weight excluding hydrogens is 164 g/mol. The van der Waals surface area contributed by atoms with Crippen LogP contribution < -0.4 is 0 Å². The fraction of sp³-hybridized carbons (Fsp3) is 0.273. The van der Waals surface area contributed by atoms with Gasteiger partial charge in [-0.2, -0.15) is 0 Å². The number of rotatable bonds is 1. The highest BCUT2D eigenvalue weighted by Gasteiger charge is 2.32. The molecule has 0 radical (unpaired) electrons. The number of aliphatic hydroxyl groups is 1. The second kappa shape index (κ2) is 2.98. The normalized spacial score (nSPS) is 32.3. The molecule has 2 heteroatoms. The minimum Gasteiger partial charge on any atom is -0.359 e. The molecule has 1 aromatic carbocycles. The zero-order valence-corrected chi connectivity index (χ0v) is 7.47. The van der Waals surface area contributed by atoms with E-state index in [4.69, 9.17) is 4.74 Å². The van der Waals surface area contributed by atoms with Crippen LogP contribution in [0.1, 0.15) is 12.5 Å². The van der Waals surface area contributed by atoms with Gasteiger partial charge < -0.3 is 9.84 Å². The van der Waals surface area contributed by atoms with Gasteiger partial charge in [0.15, 0.2) is 0 Å². The lowest BCUT2D eigenvalue weighted by Gasteiger charge is -2.22. The van der Waals surface area contributed by atoms with Gasteiger partial charge in [-0.05, 0) is 13.0 Å². The van der Waals surface area contributed by atoms with E-state index in [9.17, 15) is 5.11 Å². The van der Waals surface area contributed by atoms with Crippen molar-refractivity contribution in [3.05, 3.63) is 48.0 Å². The monoisotopic (exact) mass is 176 g/mol. The van der Waals surface area contributed by atoms with Crippen molar-refractivity contribution in [2.45, 2.75) is 18.8 Å². The highest BCUT2D eigenvalue weighted by atomic mass is 16.6. The lowest BCUT2D eigenvalue weighted by Crippen LogP contribution is -2.25. The Kier molecular flexibility index (Phi) is 1.94. The average Bonchev–Trinajstić information content (AvgIpc) is 2.49. The van der Waals surface area contributed by atoms with Gasteiger partial charge >= 0.3 is 0 Å². The van der Waals surface area contributed by atoms with Crippen LogP contribution in [0.2, 0.25) is 0 Å². The first-order valence-corrected chi connectivity index (χ1v) is 4.36. The van der Waals surface area contributed by atoms with Crippen LogP contribution in [0.15, 0.2) is 42.5 Å². The maximum absolute atomic E-state index is 10.0. The van der Waals surface area contributed by atoms with Gasteiger partial charge in [0.2, 0.25) is 5.79 Å². The molecule has 0 aliphatic carbocycles. The standard InChI is InChI=1S/C11H12O2/c1-9-7-8-11(12,13-9)10-5-3-2-4-6-10/h2-9,12H,1H3/t9-,11+/m1/s1. The molecule has 1 heterocycles. The summed E-state index contributed by atoms with van der Waals surface area (Å²) in [6.07, 6.45) is 3.52. The third kappa shape index (κ3) is 1.50. The van der Waals surface area contributed by atoms with Crippen LogP contribution in [-0.2, 0) is 10.5 Å². The van der Waals surface area contributed by atoms with Crippen molar-refractivity contribution in [2.24, 2.45) is 0 Å². The Hall–Kier alpha value is -1.12. The lowest BCUT2D eigenvalue weighted by molar-refractivity contribution is -0.175. The van der Waals surface area contributed by atoms with Crippen molar-refractivity contribution in [1.29, 1.82) is 0 Å². The van der Waals surface area contributed by atoms with Crippen LogP contribution in [0.4, 0.5) is 0 Å². The van der Waals surface area contributed by atoms with Crippen molar-refractivity contribution in [3.8, 4) is 0 Å². The van der Waals surface area contributed by atoms with Crippen LogP contribution in [0, 0.1) is 0 Å². The molecule has 1 aliphatic heterocycles. The summed E-state index contributed by atoms with van der Waals surface area (Å²) in [6, 6.07) is 9.38. The number of ether oxygens (including phenoxy) is 1. The van der Waals surface area contributed by atoms with Gasteiger partial charge in [-0.1, -0.05) is 36.4 Å². The maximum Gasteiger partial charge on any atom is 0.213 e. The van der Waals surface area contributed by atoms with Crippen LogP contribution in [-0.4, -0.2) is 11.2 Å². The molecule has 2 atom stereocenters. The van der Waals surface area contributed by atoms with Gasteiger partial charge in [0.25, 0.3) is 0 Å². The predicted octanol–water partition coefficient (Wildman–Crippen LogP) is 1.81. The minimum atomic E-state index is -1.22. The summed E-state index contributed by atoms with van der Waals surface area (Å²) in [5, 5.41) is 10.0. The zero-order valence-electron chi connectivity index (χ0n) is 7.47. The number of hydrogen-bond acceptors (Lipinski definition) is 2. The van der Waals surface area contributed by atoms with Crippen molar-refractivity contribution < 1.29 is 9.84 Å². The van der Waals surface area contributed by atoms with Crippen LogP contribution in [0.25, 0.3) is 0 Å². The fourth-order valence-electron chi connectivity index (χ4n) is 1.47. The first kappa shape index (κ1) is 8.48. The predicted molar refractivity (Wildman–Crippen MR) is 50.0 cm³/mol. The Morgan fingerprint density at radius 2 is 2.00 bits per heavy atom. The van der Waals surface area contributed by atoms with Crippen LogP contribution in [0.5, 0.6) is 0 Å². The van der Waals surface area contributed by atoms with E-state index >= 15 is 0 Å². The Morgan fingerprint density at radius 3 is 2.54 bits per heavy atom. The van der Waals surface area contributed by atoms with E-state index in [1.807, 2.05) is 43.3 Å². The molecule has 0 saturated heterocycles. The number of hydrogen-bond donors (Lipinski definition) is 1. The van der Waals surface area contributed by atoms with E-state index in [1.54, 1.807) is 6.08 Å². The zero-order chi connectivity index (χ0) is 9.31. The second-order valence-corrected chi connectivity index (χ2v) is 3.24. The van der Waals surface area contributed by atoms with Gasteiger partial charge in [-0.25, -0.2) is 0 Å². The van der Waals surface area contributed by atoms with E-state index in [0.717, 1.165) is 5.56 Å². The maximum atomic E-state index is 10.0. The summed E-state index contributed by atoms with van der Waals surface area (Å²) in [6.45, 7) is 1.90. The summed E-state index contributed by atoms with van der Waals surface area (Å²) < 4.78 is 5.38. The number of benzene rings is 1. The molecule has 2 rings (SSSR count). The average molecular weight is 176 g/mol. The highest BCUT2D eigenvalue weighted by Crippen LogP contribution is 2.30. The summed E-state index contributed by atoms with van der Waals surface area (Å²) in [7, 11) is 0. The summed E-state index contributed by atoms with van der Waals surface area (Å²) in [5.74, 6) is -1.22. The van der Waals surface area contributed by atoms with Crippen molar-refractivity contribution in [2.75, 3.05) is 0 Å². The molecule has 0 unspecified atom stereocenters. The summed E-state index contributed by atoms with van der Waals surface area (Å²) in [5.41, 5.74) is 0.774. The topological polar surface area (TPSA) is 29.5 Å². The first-order chi connectivity index (χ1) is 6.21. The van der Waals surface area contributed by atoms with E-state index < -0.39 is 5.79 Å². The van der Waals surface area contributed by atoms with E-state index in [1.165, 1.54) is 0 Å². The molecule has 0 saturated carbocycles. The van der Waals surface area contributed by atoms with Gasteiger partial charge in [0.05, 0.1) is 6.10 Å². The molecule has 68 valence electrons. The third-order valence-electron chi connectivity index (χ3n) is 2.15. The first-order valence-electron chi connectivity index (χ1n) is 4.36. The molecule has 1 aromatic rings. The quantitative estimate of drug-likeness (QED) is 0.661. The van der Waals surface area contributed by atoms with Gasteiger partial charge in [0.1, 0.15) is 0 Å². The molecule has 0 spiro atoms. The Balaban J connectivity index is 2.32. The molecular formula is C11H12O2. The Bertz CT molecular complexity index is 318. The van der Waals surface area contributed by atoms with E-state index in [0.29, 0.717) is 0 Å². The summed E-state index contributed by atoms with van der Waals surface area (Å²) >= 11 is 0. The molecule has 13 heavy (non-hydrogen) atoms. The molecule has 0 fully saturated rings. The van der Waals surface area contributed by atoms with Gasteiger partial charge in [-0.3, -0.25) is 0 Å². The third-order valence-corrected chi connectivity index (χ3v) is 2.15. The van der Waals surface area contributed by atoms with Crippen LogP contribution in [0.3, 0.4) is 0 Å². The van der Waals surface area contributed by atoms with E-state index in [-0.39, 0.29) is 6.10 Å². The van der Waals surface area contributed by atoms with Crippen LogP contribution >= 0.6 is 0 Å². The SMILES string of the molecule is C[C@@H]1C=C[C@@](O)(c2ccccc2)O1. The van der Waals surface area contributed by atoms with E-state index in [2.05, 4.69) is 0 Å². The molecule has 0 amide bonds. The minimum absolute atomic E-state index is 0.0230. The highest BCUT2D eigenvalue weighted by molar-refractivity contribution is 5.26. The van der Waals surface area contributed by atoms with Gasteiger partial charge in [-0.15, -0.1) is 0 Å². The smallest absolute Gasteiger partial charge is 0.213 e. The lowest BCUT2D eigenvalue weighted by atomic mass is 10.1. The Labute approximate surface area is 77.5 Å². The molecule has 0 bridgehead atoms. The molecule has 1 N–H and O–H groups in total. The fourth-order valence-corrected chi connectivity index (χ4v) is 1.47.